The molecule has 0 radical (unpaired) electrons. The fourth-order valence-electron chi connectivity index (χ4n) is 2.61. The average Bonchev–Trinajstić information content (AvgIpc) is 3.07. The Balaban J connectivity index is 2.08. The van der Waals surface area contributed by atoms with Crippen molar-refractivity contribution in [3.05, 3.63) is 47.9 Å². The number of aliphatic hydroxyl groups excluding tert-OH is 1. The molecule has 0 fully saturated rings. The van der Waals surface area contributed by atoms with E-state index in [1.165, 1.54) is 0 Å². The number of hydrogen-bond acceptors (Lipinski definition) is 6. The molecule has 1 aromatic carbocycles. The van der Waals surface area contributed by atoms with E-state index in [9.17, 15) is 5.11 Å². The number of aromatic nitrogens is 4. The third-order valence-electron chi connectivity index (χ3n) is 3.79. The van der Waals surface area contributed by atoms with E-state index in [4.69, 9.17) is 9.47 Å². The van der Waals surface area contributed by atoms with E-state index in [2.05, 4.69) is 15.2 Å². The van der Waals surface area contributed by atoms with Gasteiger partial charge >= 0.3 is 0 Å². The molecule has 25 heavy (non-hydrogen) atoms. The molecule has 0 atom stereocenters. The SMILES string of the molecule is CCOc1ccc(-c2nnc(CO)n2-c2ccc(OC)nc2)cc1C. The number of hydrogen-bond donors (Lipinski definition) is 1. The first-order valence-electron chi connectivity index (χ1n) is 7.97. The second-order valence-corrected chi connectivity index (χ2v) is 5.41. The zero-order valence-electron chi connectivity index (χ0n) is 14.4. The first-order chi connectivity index (χ1) is 12.2. The zero-order valence-corrected chi connectivity index (χ0v) is 14.4. The normalized spacial score (nSPS) is 10.7. The molecule has 0 aliphatic rings. The summed E-state index contributed by atoms with van der Waals surface area (Å²) < 4.78 is 12.5. The summed E-state index contributed by atoms with van der Waals surface area (Å²) in [5, 5.41) is 18.0. The number of ether oxygens (including phenoxy) is 2. The summed E-state index contributed by atoms with van der Waals surface area (Å²) in [6.45, 7) is 4.32. The number of pyridine rings is 1. The maximum Gasteiger partial charge on any atom is 0.213 e. The molecule has 3 rings (SSSR count). The van der Waals surface area contributed by atoms with Crippen LogP contribution in [0.5, 0.6) is 11.6 Å². The zero-order chi connectivity index (χ0) is 17.8. The lowest BCUT2D eigenvalue weighted by Crippen LogP contribution is -2.04. The molecular weight excluding hydrogens is 320 g/mol. The van der Waals surface area contributed by atoms with Crippen molar-refractivity contribution in [3.63, 3.8) is 0 Å². The van der Waals surface area contributed by atoms with Crippen molar-refractivity contribution in [2.24, 2.45) is 0 Å². The summed E-state index contributed by atoms with van der Waals surface area (Å²) in [6.07, 6.45) is 1.66. The highest BCUT2D eigenvalue weighted by atomic mass is 16.5. The summed E-state index contributed by atoms with van der Waals surface area (Å²) in [5.74, 6) is 2.42. The molecule has 7 heteroatoms. The second-order valence-electron chi connectivity index (χ2n) is 5.41. The van der Waals surface area contributed by atoms with Crippen LogP contribution in [0.15, 0.2) is 36.5 Å². The third kappa shape index (κ3) is 3.32. The van der Waals surface area contributed by atoms with Gasteiger partial charge in [-0.3, -0.25) is 4.57 Å². The van der Waals surface area contributed by atoms with Crippen LogP contribution in [-0.2, 0) is 6.61 Å². The molecule has 0 unspecified atom stereocenters. The fourth-order valence-corrected chi connectivity index (χ4v) is 2.61. The van der Waals surface area contributed by atoms with E-state index >= 15 is 0 Å². The lowest BCUT2D eigenvalue weighted by atomic mass is 10.1. The number of benzene rings is 1. The monoisotopic (exact) mass is 340 g/mol. The molecule has 0 spiro atoms. The van der Waals surface area contributed by atoms with Crippen LogP contribution in [0, 0.1) is 6.92 Å². The van der Waals surface area contributed by atoms with E-state index < -0.39 is 0 Å². The van der Waals surface area contributed by atoms with Gasteiger partial charge in [0.25, 0.3) is 0 Å². The predicted octanol–water partition coefficient (Wildman–Crippen LogP) is 2.54. The lowest BCUT2D eigenvalue weighted by molar-refractivity contribution is 0.269. The number of methoxy groups -OCH3 is 1. The number of rotatable bonds is 6. The summed E-state index contributed by atoms with van der Waals surface area (Å²) in [7, 11) is 1.56. The van der Waals surface area contributed by atoms with Gasteiger partial charge in [-0.1, -0.05) is 0 Å². The Kier molecular flexibility index (Phi) is 4.95. The van der Waals surface area contributed by atoms with E-state index in [0.29, 0.717) is 24.1 Å². The van der Waals surface area contributed by atoms with E-state index in [-0.39, 0.29) is 6.61 Å². The van der Waals surface area contributed by atoms with Crippen molar-refractivity contribution in [2.75, 3.05) is 13.7 Å². The summed E-state index contributed by atoms with van der Waals surface area (Å²) >= 11 is 0. The second kappa shape index (κ2) is 7.31. The minimum atomic E-state index is -0.227. The Hall–Kier alpha value is -2.93. The molecule has 130 valence electrons. The van der Waals surface area contributed by atoms with Crippen molar-refractivity contribution >= 4 is 0 Å². The molecule has 0 amide bonds. The summed E-state index contributed by atoms with van der Waals surface area (Å²) in [4.78, 5) is 4.22. The van der Waals surface area contributed by atoms with Crippen molar-refractivity contribution < 1.29 is 14.6 Å². The van der Waals surface area contributed by atoms with E-state index in [1.54, 1.807) is 23.9 Å². The van der Waals surface area contributed by atoms with Gasteiger partial charge in [-0.05, 0) is 43.7 Å². The van der Waals surface area contributed by atoms with Crippen LogP contribution in [0.3, 0.4) is 0 Å². The minimum Gasteiger partial charge on any atom is -0.494 e. The molecule has 2 heterocycles. The summed E-state index contributed by atoms with van der Waals surface area (Å²) in [6, 6.07) is 9.43. The van der Waals surface area contributed by atoms with Gasteiger partial charge in [-0.25, -0.2) is 4.98 Å². The fraction of sp³-hybridized carbons (Fsp3) is 0.278. The Morgan fingerprint density at radius 1 is 1.16 bits per heavy atom. The quantitative estimate of drug-likeness (QED) is 0.742. The topological polar surface area (TPSA) is 82.3 Å². The third-order valence-corrected chi connectivity index (χ3v) is 3.79. The van der Waals surface area contributed by atoms with Crippen molar-refractivity contribution in [1.82, 2.24) is 19.7 Å². The van der Waals surface area contributed by atoms with Gasteiger partial charge in [0, 0.05) is 11.6 Å². The van der Waals surface area contributed by atoms with Gasteiger partial charge < -0.3 is 14.6 Å². The van der Waals surface area contributed by atoms with Crippen LogP contribution in [0.1, 0.15) is 18.3 Å². The molecule has 0 aliphatic carbocycles. The van der Waals surface area contributed by atoms with Crippen molar-refractivity contribution in [2.45, 2.75) is 20.5 Å². The molecule has 0 aliphatic heterocycles. The molecule has 0 bridgehead atoms. The van der Waals surface area contributed by atoms with Gasteiger partial charge in [-0.2, -0.15) is 0 Å². The van der Waals surface area contributed by atoms with Crippen LogP contribution in [0.4, 0.5) is 0 Å². The number of nitrogens with zero attached hydrogens (tertiary/aromatic N) is 4. The Morgan fingerprint density at radius 2 is 2.00 bits per heavy atom. The maximum absolute atomic E-state index is 9.62. The Bertz CT molecular complexity index is 859. The molecule has 0 saturated carbocycles. The number of aryl methyl sites for hydroxylation is 1. The van der Waals surface area contributed by atoms with Gasteiger partial charge in [0.2, 0.25) is 5.88 Å². The molecule has 0 saturated heterocycles. The van der Waals surface area contributed by atoms with Gasteiger partial charge in [-0.15, -0.1) is 10.2 Å². The standard InChI is InChI=1S/C18H20N4O3/c1-4-25-15-7-5-13(9-12(15)2)18-21-20-16(11-23)22(18)14-6-8-17(24-3)19-10-14/h5-10,23H,4,11H2,1-3H3. The highest BCUT2D eigenvalue weighted by molar-refractivity contribution is 5.61. The molecular formula is C18H20N4O3. The summed E-state index contributed by atoms with van der Waals surface area (Å²) in [5.41, 5.74) is 2.63. The van der Waals surface area contributed by atoms with Crippen molar-refractivity contribution in [3.8, 4) is 28.7 Å². The van der Waals surface area contributed by atoms with E-state index in [1.807, 2.05) is 38.1 Å². The highest BCUT2D eigenvalue weighted by Gasteiger charge is 2.16. The molecule has 3 aromatic rings. The largest absolute Gasteiger partial charge is 0.494 e. The van der Waals surface area contributed by atoms with Gasteiger partial charge in [0.1, 0.15) is 12.4 Å². The predicted molar refractivity (Wildman–Crippen MR) is 93.0 cm³/mol. The van der Waals surface area contributed by atoms with Gasteiger partial charge in [0.05, 0.1) is 25.6 Å². The Morgan fingerprint density at radius 3 is 2.60 bits per heavy atom. The Labute approximate surface area is 145 Å². The maximum atomic E-state index is 9.62. The van der Waals surface area contributed by atoms with Gasteiger partial charge in [0.15, 0.2) is 11.6 Å². The molecule has 7 nitrogen and oxygen atoms in total. The minimum absolute atomic E-state index is 0.227. The lowest BCUT2D eigenvalue weighted by Gasteiger charge is -2.12. The van der Waals surface area contributed by atoms with E-state index in [0.717, 1.165) is 22.6 Å². The molecule has 2 aromatic heterocycles. The molecule has 1 N–H and O–H groups in total. The van der Waals surface area contributed by atoms with Crippen LogP contribution >= 0.6 is 0 Å². The van der Waals surface area contributed by atoms with Crippen molar-refractivity contribution in [1.29, 1.82) is 0 Å². The highest BCUT2D eigenvalue weighted by Crippen LogP contribution is 2.28. The first kappa shape index (κ1) is 16.9. The van der Waals surface area contributed by atoms with Crippen LogP contribution in [0.2, 0.25) is 0 Å². The number of aliphatic hydroxyl groups is 1. The first-order valence-corrected chi connectivity index (χ1v) is 7.97. The van der Waals surface area contributed by atoms with Crippen LogP contribution in [-0.4, -0.2) is 38.6 Å². The smallest absolute Gasteiger partial charge is 0.213 e. The van der Waals surface area contributed by atoms with Crippen LogP contribution < -0.4 is 9.47 Å². The average molecular weight is 340 g/mol. The van der Waals surface area contributed by atoms with Crippen LogP contribution in [0.25, 0.3) is 17.1 Å².